The van der Waals surface area contributed by atoms with E-state index in [4.69, 9.17) is 15.4 Å². The first-order valence-electron chi connectivity index (χ1n) is 3.78. The monoisotopic (exact) mass is 179 g/mol. The first kappa shape index (κ1) is 9.20. The Hall–Kier alpha value is 0.110. The van der Waals surface area contributed by atoms with Crippen molar-refractivity contribution < 1.29 is 14.2 Å². The molecule has 5 heteroatoms. The molecule has 1 aliphatic rings. The van der Waals surface area contributed by atoms with E-state index in [-0.39, 0.29) is 5.92 Å². The molecule has 0 spiro atoms. The maximum atomic E-state index is 10.6. The lowest BCUT2D eigenvalue weighted by Gasteiger charge is -2.25. The van der Waals surface area contributed by atoms with Crippen LogP contribution in [0.25, 0.3) is 0 Å². The van der Waals surface area contributed by atoms with Crippen molar-refractivity contribution in [2.24, 2.45) is 11.7 Å². The van der Waals surface area contributed by atoms with E-state index in [0.29, 0.717) is 13.2 Å². The molecule has 0 aliphatic carbocycles. The minimum atomic E-state index is -2.54. The summed E-state index contributed by atoms with van der Waals surface area (Å²) >= 11 is 0. The predicted octanol–water partition coefficient (Wildman–Crippen LogP) is 0.165. The molecule has 2 unspecified atom stereocenters. The summed E-state index contributed by atoms with van der Waals surface area (Å²) in [4.78, 5) is 8.75. The van der Waals surface area contributed by atoms with Gasteiger partial charge in [0.15, 0.2) is 0 Å². The minimum absolute atomic E-state index is 0.181. The average Bonchev–Trinajstić information content (AvgIpc) is 2.05. The van der Waals surface area contributed by atoms with Gasteiger partial charge in [0.1, 0.15) is 0 Å². The second-order valence-corrected chi connectivity index (χ2v) is 4.16. The molecule has 0 saturated carbocycles. The molecule has 11 heavy (non-hydrogen) atoms. The molecule has 1 fully saturated rings. The van der Waals surface area contributed by atoms with Crippen LogP contribution in [0.4, 0.5) is 0 Å². The van der Waals surface area contributed by atoms with E-state index in [9.17, 15) is 4.57 Å². The topological polar surface area (TPSA) is 72.5 Å². The fraction of sp³-hybridized carbons (Fsp3) is 1.00. The third-order valence-corrected chi connectivity index (χ3v) is 3.10. The van der Waals surface area contributed by atoms with Crippen LogP contribution in [-0.4, -0.2) is 23.9 Å². The van der Waals surface area contributed by atoms with Crippen molar-refractivity contribution >= 4 is 8.03 Å². The van der Waals surface area contributed by atoms with Gasteiger partial charge in [-0.15, -0.1) is 0 Å². The highest BCUT2D eigenvalue weighted by Gasteiger charge is 2.23. The molecule has 0 amide bonds. The summed E-state index contributed by atoms with van der Waals surface area (Å²) in [6, 6.07) is 0. The molecule has 0 aromatic carbocycles. The summed E-state index contributed by atoms with van der Waals surface area (Å²) in [5.74, 6) is -0.343. The second kappa shape index (κ2) is 4.21. The van der Waals surface area contributed by atoms with E-state index in [2.05, 4.69) is 0 Å². The molecule has 1 heterocycles. The van der Waals surface area contributed by atoms with E-state index in [1.165, 1.54) is 0 Å². The van der Waals surface area contributed by atoms with Crippen LogP contribution in [0.3, 0.4) is 0 Å². The number of hydrogen-bond donors (Lipinski definition) is 2. The van der Waals surface area contributed by atoms with Crippen LogP contribution < -0.4 is 5.73 Å². The van der Waals surface area contributed by atoms with Gasteiger partial charge in [-0.05, 0) is 18.8 Å². The highest BCUT2D eigenvalue weighted by Crippen LogP contribution is 2.30. The highest BCUT2D eigenvalue weighted by molar-refractivity contribution is 7.38. The van der Waals surface area contributed by atoms with Gasteiger partial charge in [-0.25, -0.2) is 0 Å². The van der Waals surface area contributed by atoms with E-state index in [1.54, 1.807) is 0 Å². The largest absolute Gasteiger partial charge is 0.381 e. The van der Waals surface area contributed by atoms with Gasteiger partial charge in [-0.2, -0.15) is 0 Å². The van der Waals surface area contributed by atoms with Crippen molar-refractivity contribution in [3.63, 3.8) is 0 Å². The SMILES string of the molecule is NC(C1CCOCC1)[PH](=O)O. The molecule has 1 aliphatic heterocycles. The Morgan fingerprint density at radius 1 is 1.55 bits per heavy atom. The molecule has 0 aromatic heterocycles. The lowest BCUT2D eigenvalue weighted by Crippen LogP contribution is -2.31. The fourth-order valence-corrected chi connectivity index (χ4v) is 2.01. The third-order valence-electron chi connectivity index (χ3n) is 2.06. The molecule has 66 valence electrons. The summed E-state index contributed by atoms with van der Waals surface area (Å²) in [7, 11) is -2.54. The number of nitrogens with two attached hydrogens (primary N) is 1. The summed E-state index contributed by atoms with van der Waals surface area (Å²) in [6.45, 7) is 1.35. The summed E-state index contributed by atoms with van der Waals surface area (Å²) < 4.78 is 15.7. The van der Waals surface area contributed by atoms with Crippen molar-refractivity contribution in [3.8, 4) is 0 Å². The standard InChI is InChI=1S/C6H14NO3P/c7-6(11(8)9)5-1-3-10-4-2-5/h5-6,11H,1-4,7H2,(H,8,9). The lowest BCUT2D eigenvalue weighted by molar-refractivity contribution is 0.0648. The predicted molar refractivity (Wildman–Crippen MR) is 42.7 cm³/mol. The highest BCUT2D eigenvalue weighted by atomic mass is 31.1. The molecular weight excluding hydrogens is 165 g/mol. The van der Waals surface area contributed by atoms with Crippen molar-refractivity contribution in [2.75, 3.05) is 13.2 Å². The smallest absolute Gasteiger partial charge is 0.205 e. The first-order valence-corrected chi connectivity index (χ1v) is 5.21. The van der Waals surface area contributed by atoms with Gasteiger partial charge in [0.2, 0.25) is 8.03 Å². The number of ether oxygens (including phenoxy) is 1. The Morgan fingerprint density at radius 3 is 2.55 bits per heavy atom. The quantitative estimate of drug-likeness (QED) is 0.592. The Balaban J connectivity index is 2.38. The molecule has 4 nitrogen and oxygen atoms in total. The van der Waals surface area contributed by atoms with E-state index < -0.39 is 13.8 Å². The average molecular weight is 179 g/mol. The van der Waals surface area contributed by atoms with E-state index in [1.807, 2.05) is 0 Å². The van der Waals surface area contributed by atoms with Gasteiger partial charge >= 0.3 is 0 Å². The summed E-state index contributed by atoms with van der Waals surface area (Å²) in [6.07, 6.45) is 1.64. The third kappa shape index (κ3) is 2.56. The van der Waals surface area contributed by atoms with Gasteiger partial charge in [0, 0.05) is 13.2 Å². The maximum Gasteiger partial charge on any atom is 0.205 e. The van der Waals surface area contributed by atoms with Crippen LogP contribution in [-0.2, 0) is 9.30 Å². The number of rotatable bonds is 2. The Morgan fingerprint density at radius 2 is 2.09 bits per heavy atom. The van der Waals surface area contributed by atoms with Crippen molar-refractivity contribution in [1.82, 2.24) is 0 Å². The zero-order valence-corrected chi connectivity index (χ0v) is 7.32. The van der Waals surface area contributed by atoms with Gasteiger partial charge in [-0.3, -0.25) is 4.57 Å². The van der Waals surface area contributed by atoms with Crippen LogP contribution in [0.2, 0.25) is 0 Å². The zero-order valence-electron chi connectivity index (χ0n) is 6.32. The van der Waals surface area contributed by atoms with E-state index in [0.717, 1.165) is 12.8 Å². The molecule has 0 radical (unpaired) electrons. The summed E-state index contributed by atoms with van der Waals surface area (Å²) in [5.41, 5.74) is 5.52. The first-order chi connectivity index (χ1) is 5.22. The minimum Gasteiger partial charge on any atom is -0.381 e. The van der Waals surface area contributed by atoms with Gasteiger partial charge in [0.05, 0.1) is 5.78 Å². The molecule has 0 aromatic rings. The van der Waals surface area contributed by atoms with Crippen LogP contribution in [0.1, 0.15) is 12.8 Å². The Kier molecular flexibility index (Phi) is 3.52. The molecule has 2 atom stereocenters. The lowest BCUT2D eigenvalue weighted by atomic mass is 10.0. The van der Waals surface area contributed by atoms with Crippen LogP contribution in [0, 0.1) is 5.92 Å². The zero-order chi connectivity index (χ0) is 8.27. The molecule has 3 N–H and O–H groups in total. The van der Waals surface area contributed by atoms with Crippen molar-refractivity contribution in [2.45, 2.75) is 18.6 Å². The molecule has 0 bridgehead atoms. The summed E-state index contributed by atoms with van der Waals surface area (Å²) in [5, 5.41) is 0. The molecular formula is C6H14NO3P. The molecule has 1 rings (SSSR count). The molecule has 1 saturated heterocycles. The Bertz CT molecular complexity index is 147. The van der Waals surface area contributed by atoms with Crippen LogP contribution in [0.15, 0.2) is 0 Å². The van der Waals surface area contributed by atoms with E-state index >= 15 is 0 Å². The van der Waals surface area contributed by atoms with Crippen LogP contribution >= 0.6 is 8.03 Å². The van der Waals surface area contributed by atoms with Gasteiger partial charge in [-0.1, -0.05) is 0 Å². The van der Waals surface area contributed by atoms with Crippen LogP contribution in [0.5, 0.6) is 0 Å². The second-order valence-electron chi connectivity index (χ2n) is 2.81. The maximum absolute atomic E-state index is 10.6. The van der Waals surface area contributed by atoms with Gasteiger partial charge in [0.25, 0.3) is 0 Å². The fourth-order valence-electron chi connectivity index (χ4n) is 1.28. The van der Waals surface area contributed by atoms with Gasteiger partial charge < -0.3 is 15.4 Å². The normalized spacial score (nSPS) is 26.4. The Labute approximate surface area is 66.6 Å². The van der Waals surface area contributed by atoms with Crippen molar-refractivity contribution in [1.29, 1.82) is 0 Å². The van der Waals surface area contributed by atoms with Crippen molar-refractivity contribution in [3.05, 3.63) is 0 Å². The number of hydrogen-bond acceptors (Lipinski definition) is 3.